The Labute approximate surface area is 168 Å². The Morgan fingerprint density at radius 2 is 2.12 bits per heavy atom. The number of hydrogen-bond donors (Lipinski definition) is 2. The lowest BCUT2D eigenvalue weighted by Crippen LogP contribution is -2.43. The van der Waals surface area contributed by atoms with Crippen LogP contribution in [-0.4, -0.2) is 56.3 Å². The summed E-state index contributed by atoms with van der Waals surface area (Å²) in [5, 5.41) is 3.24. The van der Waals surface area contributed by atoms with Gasteiger partial charge in [-0.3, -0.25) is 4.90 Å². The molecule has 0 saturated carbocycles. The summed E-state index contributed by atoms with van der Waals surface area (Å²) in [4.78, 5) is 6.87. The zero-order chi connectivity index (χ0) is 17.4. The Bertz CT molecular complexity index is 542. The number of methoxy groups -OCH3 is 1. The fourth-order valence-corrected chi connectivity index (χ4v) is 3.02. The number of ether oxygens (including phenoxy) is 2. The van der Waals surface area contributed by atoms with E-state index in [0.717, 1.165) is 24.6 Å². The number of nitrogens with one attached hydrogen (secondary N) is 1. The minimum absolute atomic E-state index is 0. The molecule has 2 rings (SSSR count). The highest BCUT2D eigenvalue weighted by atomic mass is 127. The first-order chi connectivity index (χ1) is 11.6. The van der Waals surface area contributed by atoms with Crippen molar-refractivity contribution in [1.29, 1.82) is 0 Å². The molecule has 6 nitrogen and oxygen atoms in total. The Morgan fingerprint density at radius 3 is 2.80 bits per heavy atom. The number of benzene rings is 1. The summed E-state index contributed by atoms with van der Waals surface area (Å²) in [6.07, 6.45) is 2.41. The van der Waals surface area contributed by atoms with Gasteiger partial charge < -0.3 is 20.5 Å². The molecule has 1 fully saturated rings. The van der Waals surface area contributed by atoms with Crippen LogP contribution in [0.15, 0.2) is 29.3 Å². The standard InChI is InChI=1S/C18H30N4O2.HI/c1-4-22-11-7-8-15(22)13-21-18(19)20-12-14(2)24-17-10-6-5-9-16(17)23-3;/h5-6,9-10,14-15H,4,7-8,11-13H2,1-3H3,(H3,19,20,21);1H. The van der Waals surface area contributed by atoms with Crippen molar-refractivity contribution in [3.63, 3.8) is 0 Å². The number of likely N-dealkylation sites (N-methyl/N-ethyl adjacent to an activating group) is 1. The van der Waals surface area contributed by atoms with E-state index in [4.69, 9.17) is 15.2 Å². The molecule has 0 aromatic heterocycles. The predicted molar refractivity (Wildman–Crippen MR) is 113 cm³/mol. The molecule has 0 aliphatic carbocycles. The molecule has 0 spiro atoms. The summed E-state index contributed by atoms with van der Waals surface area (Å²) in [5.41, 5.74) is 5.98. The van der Waals surface area contributed by atoms with E-state index in [1.165, 1.54) is 19.4 Å². The minimum atomic E-state index is -0.0831. The lowest BCUT2D eigenvalue weighted by Gasteiger charge is -2.23. The molecule has 0 amide bonds. The zero-order valence-electron chi connectivity index (χ0n) is 15.4. The van der Waals surface area contributed by atoms with Gasteiger partial charge in [-0.2, -0.15) is 0 Å². The summed E-state index contributed by atoms with van der Waals surface area (Å²) in [7, 11) is 1.63. The third-order valence-electron chi connectivity index (χ3n) is 4.34. The van der Waals surface area contributed by atoms with Gasteiger partial charge in [0.1, 0.15) is 6.10 Å². The van der Waals surface area contributed by atoms with Crippen LogP contribution in [0.4, 0.5) is 0 Å². The summed E-state index contributed by atoms with van der Waals surface area (Å²) < 4.78 is 11.2. The molecule has 2 unspecified atom stereocenters. The highest BCUT2D eigenvalue weighted by Crippen LogP contribution is 2.26. The normalized spacial score (nSPS) is 19.2. The lowest BCUT2D eigenvalue weighted by atomic mass is 10.2. The van der Waals surface area contributed by atoms with Gasteiger partial charge in [0.15, 0.2) is 17.5 Å². The maximum atomic E-state index is 5.98. The van der Waals surface area contributed by atoms with E-state index < -0.39 is 0 Å². The highest BCUT2D eigenvalue weighted by Gasteiger charge is 2.22. The molecule has 25 heavy (non-hydrogen) atoms. The number of nitrogens with zero attached hydrogens (tertiary/aromatic N) is 2. The van der Waals surface area contributed by atoms with Gasteiger partial charge in [-0.1, -0.05) is 19.1 Å². The maximum absolute atomic E-state index is 5.98. The highest BCUT2D eigenvalue weighted by molar-refractivity contribution is 14.0. The molecule has 0 bridgehead atoms. The number of nitrogens with two attached hydrogens (primary N) is 1. The predicted octanol–water partition coefficient (Wildman–Crippen LogP) is 2.47. The van der Waals surface area contributed by atoms with Crippen molar-refractivity contribution in [3.8, 4) is 11.5 Å². The van der Waals surface area contributed by atoms with Gasteiger partial charge in [-0.05, 0) is 45.0 Å². The Balaban J connectivity index is 0.00000312. The topological polar surface area (TPSA) is 72.1 Å². The molecule has 3 N–H and O–H groups in total. The Hall–Kier alpha value is -1.22. The molecular formula is C18H31IN4O2. The largest absolute Gasteiger partial charge is 0.493 e. The van der Waals surface area contributed by atoms with E-state index in [1.807, 2.05) is 31.2 Å². The minimum Gasteiger partial charge on any atom is -0.493 e. The van der Waals surface area contributed by atoms with E-state index in [0.29, 0.717) is 18.5 Å². The van der Waals surface area contributed by atoms with Gasteiger partial charge in [0.05, 0.1) is 13.7 Å². The average molecular weight is 462 g/mol. The second-order valence-corrected chi connectivity index (χ2v) is 6.11. The van der Waals surface area contributed by atoms with Crippen molar-refractivity contribution in [2.24, 2.45) is 10.7 Å². The molecule has 142 valence electrons. The van der Waals surface area contributed by atoms with Gasteiger partial charge in [-0.15, -0.1) is 24.0 Å². The molecule has 7 heteroatoms. The quantitative estimate of drug-likeness (QED) is 0.353. The van der Waals surface area contributed by atoms with E-state index in [1.54, 1.807) is 7.11 Å². The second-order valence-electron chi connectivity index (χ2n) is 6.11. The smallest absolute Gasteiger partial charge is 0.188 e. The van der Waals surface area contributed by atoms with E-state index >= 15 is 0 Å². The van der Waals surface area contributed by atoms with Crippen molar-refractivity contribution >= 4 is 29.9 Å². The maximum Gasteiger partial charge on any atom is 0.188 e. The van der Waals surface area contributed by atoms with Gasteiger partial charge in [0, 0.05) is 12.6 Å². The lowest BCUT2D eigenvalue weighted by molar-refractivity contribution is 0.219. The molecule has 1 heterocycles. The Kier molecular flexibility index (Phi) is 9.96. The number of halogens is 1. The van der Waals surface area contributed by atoms with Crippen LogP contribution >= 0.6 is 24.0 Å². The van der Waals surface area contributed by atoms with Crippen LogP contribution in [0, 0.1) is 0 Å². The third kappa shape index (κ3) is 6.89. The van der Waals surface area contributed by atoms with Crippen LogP contribution in [0.1, 0.15) is 26.7 Å². The van der Waals surface area contributed by atoms with Crippen LogP contribution < -0.4 is 20.5 Å². The van der Waals surface area contributed by atoms with Crippen LogP contribution in [0.2, 0.25) is 0 Å². The number of aliphatic imine (C=N–C) groups is 1. The molecule has 1 aliphatic rings. The number of guanidine groups is 1. The number of rotatable bonds is 8. The van der Waals surface area contributed by atoms with E-state index in [-0.39, 0.29) is 30.1 Å². The van der Waals surface area contributed by atoms with Crippen molar-refractivity contribution in [1.82, 2.24) is 10.2 Å². The SMILES string of the molecule is CCN1CCCC1CNC(N)=NCC(C)Oc1ccccc1OC.I. The first-order valence-corrected chi connectivity index (χ1v) is 8.71. The molecule has 1 aromatic rings. The molecule has 2 atom stereocenters. The van der Waals surface area contributed by atoms with Crippen LogP contribution in [0.5, 0.6) is 11.5 Å². The number of hydrogen-bond acceptors (Lipinski definition) is 4. The van der Waals surface area contributed by atoms with E-state index in [9.17, 15) is 0 Å². The van der Waals surface area contributed by atoms with Gasteiger partial charge in [0.2, 0.25) is 0 Å². The van der Waals surface area contributed by atoms with Crippen LogP contribution in [0.3, 0.4) is 0 Å². The second kappa shape index (κ2) is 11.4. The van der Waals surface area contributed by atoms with Crippen molar-refractivity contribution < 1.29 is 9.47 Å². The first kappa shape index (κ1) is 21.8. The summed E-state index contributed by atoms with van der Waals surface area (Å²) >= 11 is 0. The van der Waals surface area contributed by atoms with Gasteiger partial charge >= 0.3 is 0 Å². The number of likely N-dealkylation sites (tertiary alicyclic amines) is 1. The fourth-order valence-electron chi connectivity index (χ4n) is 3.02. The summed E-state index contributed by atoms with van der Waals surface area (Å²) in [6.45, 7) is 7.80. The monoisotopic (exact) mass is 462 g/mol. The molecular weight excluding hydrogens is 431 g/mol. The van der Waals surface area contributed by atoms with Crippen molar-refractivity contribution in [2.75, 3.05) is 33.3 Å². The van der Waals surface area contributed by atoms with E-state index in [2.05, 4.69) is 22.1 Å². The molecule has 0 radical (unpaired) electrons. The number of para-hydroxylation sites is 2. The third-order valence-corrected chi connectivity index (χ3v) is 4.34. The molecule has 1 aliphatic heterocycles. The zero-order valence-corrected chi connectivity index (χ0v) is 17.7. The first-order valence-electron chi connectivity index (χ1n) is 8.71. The molecule has 1 saturated heterocycles. The Morgan fingerprint density at radius 1 is 1.40 bits per heavy atom. The summed E-state index contributed by atoms with van der Waals surface area (Å²) in [6, 6.07) is 8.16. The van der Waals surface area contributed by atoms with Crippen molar-refractivity contribution in [2.45, 2.75) is 38.8 Å². The van der Waals surface area contributed by atoms with Crippen LogP contribution in [0.25, 0.3) is 0 Å². The van der Waals surface area contributed by atoms with Gasteiger partial charge in [0.25, 0.3) is 0 Å². The average Bonchev–Trinajstić information content (AvgIpc) is 3.06. The fraction of sp³-hybridized carbons (Fsp3) is 0.611. The van der Waals surface area contributed by atoms with Crippen LogP contribution in [-0.2, 0) is 0 Å². The van der Waals surface area contributed by atoms with Gasteiger partial charge in [-0.25, -0.2) is 4.99 Å². The summed E-state index contributed by atoms with van der Waals surface area (Å²) in [5.74, 6) is 1.92. The molecule has 1 aromatic carbocycles. The van der Waals surface area contributed by atoms with Crippen molar-refractivity contribution in [3.05, 3.63) is 24.3 Å².